The molecule has 356 valence electrons. The van der Waals surface area contributed by atoms with Gasteiger partial charge in [0, 0.05) is 6.42 Å². The molecule has 6 atom stereocenters. The van der Waals surface area contributed by atoms with Crippen LogP contribution in [0.3, 0.4) is 0 Å². The zero-order chi connectivity index (χ0) is 44.1. The second kappa shape index (κ2) is 38.2. The number of carbonyl (C=O) groups is 1. The highest BCUT2D eigenvalue weighted by atomic mass is 32.3. The van der Waals surface area contributed by atoms with Crippen molar-refractivity contribution in [2.24, 2.45) is 0 Å². The van der Waals surface area contributed by atoms with Gasteiger partial charge in [-0.15, -0.1) is 0 Å². The Morgan fingerprint density at radius 2 is 1.02 bits per heavy atom. The maximum Gasteiger partial charge on any atom is 0.397 e. The number of nitrogens with one attached hydrogen (secondary N) is 1. The average molecular weight is 878 g/mol. The first kappa shape index (κ1) is 56.7. The SMILES string of the molecule is CCCCCCCCCCCCC/C=C(\O)C(CO[C@@H]1O[C@H](CO)[C@H](O)[C@H](OS(=O)(=O)O)[C@H]1O)NC(=O)CCCCCCCCCCCCCCCCCCCCCCC. The molecule has 1 aliphatic rings. The van der Waals surface area contributed by atoms with Crippen LogP contribution in [0.4, 0.5) is 0 Å². The first-order valence-corrected chi connectivity index (χ1v) is 26.0. The van der Waals surface area contributed by atoms with Crippen molar-refractivity contribution in [1.29, 1.82) is 0 Å². The number of carbonyl (C=O) groups excluding carboxylic acids is 1. The molecular weight excluding hydrogens is 787 g/mol. The van der Waals surface area contributed by atoms with E-state index in [-0.39, 0.29) is 24.7 Å². The van der Waals surface area contributed by atoms with Gasteiger partial charge in [-0.3, -0.25) is 9.35 Å². The van der Waals surface area contributed by atoms with Crippen molar-refractivity contribution in [2.75, 3.05) is 13.2 Å². The van der Waals surface area contributed by atoms with E-state index >= 15 is 0 Å². The third-order valence-electron chi connectivity index (χ3n) is 11.8. The monoisotopic (exact) mass is 878 g/mol. The molecule has 1 unspecified atom stereocenters. The molecule has 0 aromatic rings. The number of allylic oxidation sites excluding steroid dienone is 1. The summed E-state index contributed by atoms with van der Waals surface area (Å²) in [6, 6.07) is -0.990. The largest absolute Gasteiger partial charge is 0.510 e. The van der Waals surface area contributed by atoms with E-state index in [4.69, 9.17) is 9.47 Å². The third-order valence-corrected chi connectivity index (χ3v) is 12.3. The van der Waals surface area contributed by atoms with E-state index in [1.165, 1.54) is 161 Å². The number of rotatable bonds is 42. The Hall–Kier alpha value is -1.32. The molecule has 12 nitrogen and oxygen atoms in total. The topological polar surface area (TPSA) is 192 Å². The summed E-state index contributed by atoms with van der Waals surface area (Å²) in [6.45, 7) is 3.38. The molecule has 13 heteroatoms. The van der Waals surface area contributed by atoms with E-state index in [1.807, 2.05) is 0 Å². The maximum atomic E-state index is 13.0. The first-order valence-electron chi connectivity index (χ1n) is 24.6. The maximum absolute atomic E-state index is 13.0. The van der Waals surface area contributed by atoms with Crippen LogP contribution in [0.2, 0.25) is 0 Å². The highest BCUT2D eigenvalue weighted by Crippen LogP contribution is 2.26. The Morgan fingerprint density at radius 1 is 0.633 bits per heavy atom. The molecule has 1 rings (SSSR count). The standard InChI is InChI=1S/C47H91NO11S/c1-3-5-7-9-11-13-15-17-18-19-20-21-22-23-24-25-27-29-31-33-35-37-43(51)48-40(41(50)36-34-32-30-28-26-16-14-12-10-8-6-4-2)39-57-47-45(53)46(59-60(54,55)56)44(52)42(38-49)58-47/h36,40,42,44-47,49-50,52-53H,3-35,37-39H2,1-2H3,(H,48,51)(H,54,55,56)/b41-36-/t40?,42-,44+,45-,46+,47-/m1/s1. The summed E-state index contributed by atoms with van der Waals surface area (Å²) in [7, 11) is -5.08. The summed E-state index contributed by atoms with van der Waals surface area (Å²) in [5, 5.41) is 44.6. The Bertz CT molecular complexity index is 1140. The molecule has 1 heterocycles. The number of aliphatic hydroxyl groups is 4. The molecule has 0 saturated carbocycles. The summed E-state index contributed by atoms with van der Waals surface area (Å²) < 4.78 is 47.6. The fourth-order valence-electron chi connectivity index (χ4n) is 8.02. The van der Waals surface area contributed by atoms with Crippen LogP contribution in [0, 0.1) is 0 Å². The molecule has 0 aliphatic carbocycles. The molecule has 0 bridgehead atoms. The predicted molar refractivity (Wildman–Crippen MR) is 241 cm³/mol. The molecule has 60 heavy (non-hydrogen) atoms. The van der Waals surface area contributed by atoms with Crippen molar-refractivity contribution in [3.8, 4) is 0 Å². The molecule has 0 radical (unpaired) electrons. The lowest BCUT2D eigenvalue weighted by Crippen LogP contribution is -2.61. The number of hydrogen-bond acceptors (Lipinski definition) is 10. The van der Waals surface area contributed by atoms with E-state index in [9.17, 15) is 38.2 Å². The minimum Gasteiger partial charge on any atom is -0.510 e. The van der Waals surface area contributed by atoms with Crippen molar-refractivity contribution in [1.82, 2.24) is 5.32 Å². The van der Waals surface area contributed by atoms with Crippen LogP contribution in [0.1, 0.15) is 232 Å². The highest BCUT2D eigenvalue weighted by molar-refractivity contribution is 7.80. The number of hydrogen-bond donors (Lipinski definition) is 6. The predicted octanol–water partition coefficient (Wildman–Crippen LogP) is 10.9. The van der Waals surface area contributed by atoms with E-state index in [0.29, 0.717) is 12.8 Å². The van der Waals surface area contributed by atoms with Gasteiger partial charge in [-0.05, 0) is 25.3 Å². The quantitative estimate of drug-likeness (QED) is 0.0194. The van der Waals surface area contributed by atoms with Crippen LogP contribution in [0.5, 0.6) is 0 Å². The van der Waals surface area contributed by atoms with Crippen LogP contribution >= 0.6 is 0 Å². The molecule has 0 spiro atoms. The Labute approximate surface area is 366 Å². The second-order valence-corrected chi connectivity index (χ2v) is 18.5. The van der Waals surface area contributed by atoms with Gasteiger partial charge in [0.2, 0.25) is 5.91 Å². The van der Waals surface area contributed by atoms with E-state index < -0.39 is 53.8 Å². The van der Waals surface area contributed by atoms with Crippen LogP contribution in [-0.4, -0.2) is 89.3 Å². The fraction of sp³-hybridized carbons (Fsp3) is 0.936. The summed E-state index contributed by atoms with van der Waals surface area (Å²) in [5.41, 5.74) is 0. The van der Waals surface area contributed by atoms with Crippen molar-refractivity contribution in [3.63, 3.8) is 0 Å². The normalized spacial score (nSPS) is 20.4. The van der Waals surface area contributed by atoms with Gasteiger partial charge < -0.3 is 35.2 Å². The van der Waals surface area contributed by atoms with Gasteiger partial charge in [0.05, 0.1) is 13.2 Å². The van der Waals surface area contributed by atoms with Gasteiger partial charge in [0.15, 0.2) is 6.29 Å². The van der Waals surface area contributed by atoms with E-state index in [1.54, 1.807) is 6.08 Å². The van der Waals surface area contributed by atoms with E-state index in [0.717, 1.165) is 38.5 Å². The molecule has 0 aromatic heterocycles. The minimum atomic E-state index is -5.08. The van der Waals surface area contributed by atoms with Gasteiger partial charge in [-0.25, -0.2) is 4.18 Å². The second-order valence-electron chi connectivity index (χ2n) is 17.4. The fourth-order valence-corrected chi connectivity index (χ4v) is 8.53. The van der Waals surface area contributed by atoms with Crippen molar-refractivity contribution >= 4 is 16.3 Å². The van der Waals surface area contributed by atoms with E-state index in [2.05, 4.69) is 23.3 Å². The van der Waals surface area contributed by atoms with Gasteiger partial charge >= 0.3 is 10.4 Å². The van der Waals surface area contributed by atoms with Crippen LogP contribution in [-0.2, 0) is 28.9 Å². The van der Waals surface area contributed by atoms with Crippen LogP contribution < -0.4 is 5.32 Å². The number of aliphatic hydroxyl groups excluding tert-OH is 4. The van der Waals surface area contributed by atoms with Crippen LogP contribution in [0.25, 0.3) is 0 Å². The number of unbranched alkanes of at least 4 members (excludes halogenated alkanes) is 31. The number of ether oxygens (including phenoxy) is 2. The summed E-state index contributed by atoms with van der Waals surface area (Å²) in [5.74, 6) is -0.374. The Kier molecular flexibility index (Phi) is 36.1. The molecule has 1 saturated heterocycles. The van der Waals surface area contributed by atoms with Crippen molar-refractivity contribution in [2.45, 2.75) is 269 Å². The molecule has 0 aromatic carbocycles. The molecule has 1 amide bonds. The lowest BCUT2D eigenvalue weighted by molar-refractivity contribution is -0.297. The zero-order valence-corrected chi connectivity index (χ0v) is 38.9. The van der Waals surface area contributed by atoms with Crippen molar-refractivity contribution in [3.05, 3.63) is 11.8 Å². The molecule has 1 fully saturated rings. The van der Waals surface area contributed by atoms with Gasteiger partial charge in [-0.1, -0.05) is 206 Å². The Morgan fingerprint density at radius 3 is 1.40 bits per heavy atom. The third kappa shape index (κ3) is 30.7. The molecule has 1 aliphatic heterocycles. The average Bonchev–Trinajstić information content (AvgIpc) is 3.22. The minimum absolute atomic E-state index is 0.107. The van der Waals surface area contributed by atoms with Gasteiger partial charge in [-0.2, -0.15) is 8.42 Å². The highest BCUT2D eigenvalue weighted by Gasteiger charge is 2.48. The summed E-state index contributed by atoms with van der Waals surface area (Å²) in [4.78, 5) is 13.0. The van der Waals surface area contributed by atoms with Gasteiger partial charge in [0.25, 0.3) is 0 Å². The molecule has 6 N–H and O–H groups in total. The lowest BCUT2D eigenvalue weighted by atomic mass is 9.99. The Balaban J connectivity index is 2.42. The first-order chi connectivity index (χ1) is 29.0. The van der Waals surface area contributed by atoms with Gasteiger partial charge in [0.1, 0.15) is 36.2 Å². The smallest absolute Gasteiger partial charge is 0.397 e. The summed E-state index contributed by atoms with van der Waals surface area (Å²) in [6.07, 6.45) is 34.1. The summed E-state index contributed by atoms with van der Waals surface area (Å²) >= 11 is 0. The zero-order valence-electron chi connectivity index (χ0n) is 38.1. The van der Waals surface area contributed by atoms with Crippen molar-refractivity contribution < 1.29 is 51.8 Å². The number of amides is 1. The molecular formula is C47H91NO11S. The van der Waals surface area contributed by atoms with Crippen LogP contribution in [0.15, 0.2) is 11.8 Å². The lowest BCUT2D eigenvalue weighted by Gasteiger charge is -2.41.